The smallest absolute Gasteiger partial charge is 0.0971 e. The number of para-hydroxylation sites is 1. The summed E-state index contributed by atoms with van der Waals surface area (Å²) >= 11 is 3.56. The van der Waals surface area contributed by atoms with Gasteiger partial charge in [0.25, 0.3) is 0 Å². The molecule has 0 aliphatic carbocycles. The van der Waals surface area contributed by atoms with Gasteiger partial charge in [-0.1, -0.05) is 34.1 Å². The number of halogens is 1. The summed E-state index contributed by atoms with van der Waals surface area (Å²) in [5.74, 6) is 0. The third-order valence-electron chi connectivity index (χ3n) is 4.31. The number of fused-ring (bicyclic) bond motifs is 4. The topological polar surface area (TPSA) is 44.5 Å². The van der Waals surface area contributed by atoms with Gasteiger partial charge in [-0.15, -0.1) is 0 Å². The first kappa shape index (κ1) is 12.9. The lowest BCUT2D eigenvalue weighted by molar-refractivity contribution is 1.38. The van der Waals surface area contributed by atoms with Gasteiger partial charge in [-0.05, 0) is 30.3 Å². The van der Waals surface area contributed by atoms with Gasteiger partial charge in [0, 0.05) is 44.1 Å². The summed E-state index contributed by atoms with van der Waals surface area (Å²) in [5, 5.41) is 3.54. The molecule has 3 heterocycles. The summed E-state index contributed by atoms with van der Waals surface area (Å²) in [5.41, 5.74) is 5.29. The van der Waals surface area contributed by atoms with E-state index in [1.54, 1.807) is 0 Å². The minimum absolute atomic E-state index is 0.980. The number of nitrogens with zero attached hydrogens (tertiary/aromatic N) is 1. The Hall–Kier alpha value is -2.59. The van der Waals surface area contributed by atoms with Gasteiger partial charge in [0.1, 0.15) is 0 Å². The Kier molecular flexibility index (Phi) is 2.64. The minimum atomic E-state index is 0.980. The molecule has 5 aromatic rings. The Morgan fingerprint density at radius 1 is 0.870 bits per heavy atom. The van der Waals surface area contributed by atoms with Gasteiger partial charge < -0.3 is 9.97 Å². The maximum Gasteiger partial charge on any atom is 0.0971 e. The lowest BCUT2D eigenvalue weighted by Gasteiger charge is -2.06. The maximum atomic E-state index is 4.93. The van der Waals surface area contributed by atoms with Crippen LogP contribution in [0.2, 0.25) is 0 Å². The van der Waals surface area contributed by atoms with Gasteiger partial charge in [-0.25, -0.2) is 4.98 Å². The van der Waals surface area contributed by atoms with Crippen LogP contribution in [-0.4, -0.2) is 15.0 Å². The highest BCUT2D eigenvalue weighted by atomic mass is 79.9. The maximum absolute atomic E-state index is 4.93. The summed E-state index contributed by atoms with van der Waals surface area (Å²) in [6, 6.07) is 16.6. The van der Waals surface area contributed by atoms with Gasteiger partial charge in [-0.2, -0.15) is 0 Å². The zero-order chi connectivity index (χ0) is 15.4. The number of hydrogen-bond acceptors (Lipinski definition) is 1. The summed E-state index contributed by atoms with van der Waals surface area (Å²) in [7, 11) is 0. The molecule has 0 amide bonds. The monoisotopic (exact) mass is 361 g/mol. The quantitative estimate of drug-likeness (QED) is 0.399. The van der Waals surface area contributed by atoms with Crippen molar-refractivity contribution in [1.82, 2.24) is 15.0 Å². The van der Waals surface area contributed by atoms with E-state index in [4.69, 9.17) is 4.98 Å². The summed E-state index contributed by atoms with van der Waals surface area (Å²) in [6.45, 7) is 0. The molecule has 4 heteroatoms. The van der Waals surface area contributed by atoms with E-state index in [2.05, 4.69) is 62.3 Å². The van der Waals surface area contributed by atoms with E-state index in [1.165, 1.54) is 10.8 Å². The van der Waals surface area contributed by atoms with Crippen LogP contribution in [0.3, 0.4) is 0 Å². The molecule has 3 nitrogen and oxygen atoms in total. The molecule has 0 saturated carbocycles. The van der Waals surface area contributed by atoms with Crippen LogP contribution < -0.4 is 0 Å². The van der Waals surface area contributed by atoms with Crippen molar-refractivity contribution in [3.05, 3.63) is 65.4 Å². The Labute approximate surface area is 140 Å². The first-order valence-electron chi connectivity index (χ1n) is 7.44. The summed E-state index contributed by atoms with van der Waals surface area (Å²) < 4.78 is 1.06. The molecule has 2 aromatic carbocycles. The summed E-state index contributed by atoms with van der Waals surface area (Å²) in [4.78, 5) is 11.6. The minimum Gasteiger partial charge on any atom is -0.360 e. The molecular weight excluding hydrogens is 350 g/mol. The number of H-pyrrole nitrogens is 2. The number of benzene rings is 2. The van der Waals surface area contributed by atoms with Crippen molar-refractivity contribution in [2.75, 3.05) is 0 Å². The molecular formula is C19H12BrN3. The molecule has 0 radical (unpaired) electrons. The van der Waals surface area contributed by atoms with Gasteiger partial charge >= 0.3 is 0 Å². The zero-order valence-electron chi connectivity index (χ0n) is 12.1. The predicted molar refractivity (Wildman–Crippen MR) is 98.6 cm³/mol. The standard InChI is InChI=1S/C19H12BrN3/c20-11-5-6-16-14(9-11)15(10-22-16)19-18-13(7-8-21-18)12-3-1-2-4-17(12)23-19/h1-10,21-22H. The van der Waals surface area contributed by atoms with Crippen molar-refractivity contribution >= 4 is 48.6 Å². The average molecular weight is 362 g/mol. The highest BCUT2D eigenvalue weighted by Gasteiger charge is 2.14. The fourth-order valence-electron chi connectivity index (χ4n) is 3.25. The fourth-order valence-corrected chi connectivity index (χ4v) is 3.61. The molecule has 0 aliphatic heterocycles. The lowest BCUT2D eigenvalue weighted by Crippen LogP contribution is -1.87. The highest BCUT2D eigenvalue weighted by molar-refractivity contribution is 9.10. The normalized spacial score (nSPS) is 11.7. The second-order valence-corrected chi connectivity index (χ2v) is 6.55. The SMILES string of the molecule is Brc1ccc2[nH]cc(-c3nc4ccccc4c4cc[nH]c34)c2c1. The molecule has 0 bridgehead atoms. The van der Waals surface area contributed by atoms with Crippen molar-refractivity contribution < 1.29 is 0 Å². The van der Waals surface area contributed by atoms with E-state index in [1.807, 2.05) is 24.5 Å². The van der Waals surface area contributed by atoms with Crippen LogP contribution in [0, 0.1) is 0 Å². The Morgan fingerprint density at radius 3 is 2.74 bits per heavy atom. The van der Waals surface area contributed by atoms with Gasteiger partial charge in [0.05, 0.1) is 16.7 Å². The van der Waals surface area contributed by atoms with Crippen molar-refractivity contribution in [2.45, 2.75) is 0 Å². The van der Waals surface area contributed by atoms with Crippen molar-refractivity contribution in [2.24, 2.45) is 0 Å². The van der Waals surface area contributed by atoms with Crippen LogP contribution in [0.25, 0.3) is 44.0 Å². The molecule has 0 unspecified atom stereocenters. The first-order valence-corrected chi connectivity index (χ1v) is 8.23. The highest BCUT2D eigenvalue weighted by Crippen LogP contribution is 2.35. The Balaban J connectivity index is 1.94. The fraction of sp³-hybridized carbons (Fsp3) is 0. The molecule has 0 atom stereocenters. The molecule has 2 N–H and O–H groups in total. The van der Waals surface area contributed by atoms with Crippen LogP contribution in [-0.2, 0) is 0 Å². The van der Waals surface area contributed by atoms with Crippen LogP contribution in [0.5, 0.6) is 0 Å². The van der Waals surface area contributed by atoms with E-state index in [9.17, 15) is 0 Å². The number of aromatic nitrogens is 3. The molecule has 3 aromatic heterocycles. The van der Waals surface area contributed by atoms with Crippen LogP contribution in [0.1, 0.15) is 0 Å². The third-order valence-corrected chi connectivity index (χ3v) is 4.80. The van der Waals surface area contributed by atoms with Crippen LogP contribution >= 0.6 is 15.9 Å². The van der Waals surface area contributed by atoms with E-state index < -0.39 is 0 Å². The van der Waals surface area contributed by atoms with Gasteiger partial charge in [-0.3, -0.25) is 0 Å². The number of rotatable bonds is 1. The zero-order valence-corrected chi connectivity index (χ0v) is 13.7. The number of hydrogen-bond donors (Lipinski definition) is 2. The second kappa shape index (κ2) is 4.70. The van der Waals surface area contributed by atoms with Crippen LogP contribution in [0.15, 0.2) is 65.4 Å². The number of aromatic amines is 2. The first-order chi connectivity index (χ1) is 11.3. The third kappa shape index (κ3) is 1.85. The second-order valence-electron chi connectivity index (χ2n) is 5.64. The lowest BCUT2D eigenvalue weighted by atomic mass is 10.0. The molecule has 0 saturated heterocycles. The van der Waals surface area contributed by atoms with Crippen molar-refractivity contribution in [3.8, 4) is 11.3 Å². The van der Waals surface area contributed by atoms with Crippen molar-refractivity contribution in [1.29, 1.82) is 0 Å². The van der Waals surface area contributed by atoms with Gasteiger partial charge in [0.2, 0.25) is 0 Å². The number of pyridine rings is 1. The molecule has 0 fully saturated rings. The molecule has 110 valence electrons. The Morgan fingerprint density at radius 2 is 1.78 bits per heavy atom. The molecule has 0 aliphatic rings. The molecule has 5 rings (SSSR count). The van der Waals surface area contributed by atoms with Crippen molar-refractivity contribution in [3.63, 3.8) is 0 Å². The van der Waals surface area contributed by atoms with E-state index in [-0.39, 0.29) is 0 Å². The van der Waals surface area contributed by atoms with E-state index in [0.717, 1.165) is 37.7 Å². The average Bonchev–Trinajstić information content (AvgIpc) is 3.21. The van der Waals surface area contributed by atoms with E-state index in [0.29, 0.717) is 0 Å². The predicted octanol–water partition coefficient (Wildman–Crippen LogP) is 5.63. The Bertz CT molecular complexity index is 1180. The molecule has 23 heavy (non-hydrogen) atoms. The van der Waals surface area contributed by atoms with Gasteiger partial charge in [0.15, 0.2) is 0 Å². The van der Waals surface area contributed by atoms with E-state index >= 15 is 0 Å². The largest absolute Gasteiger partial charge is 0.360 e. The molecule has 0 spiro atoms. The summed E-state index contributed by atoms with van der Waals surface area (Å²) in [6.07, 6.45) is 4.02. The number of nitrogens with one attached hydrogen (secondary N) is 2. The van der Waals surface area contributed by atoms with Crippen LogP contribution in [0.4, 0.5) is 0 Å².